The van der Waals surface area contributed by atoms with Crippen molar-refractivity contribution in [1.29, 1.82) is 0 Å². The molecule has 0 bridgehead atoms. The van der Waals surface area contributed by atoms with E-state index in [1.165, 1.54) is 71.2 Å². The first kappa shape index (κ1) is 33.6. The van der Waals surface area contributed by atoms with E-state index in [-0.39, 0.29) is 0 Å². The van der Waals surface area contributed by atoms with Gasteiger partial charge in [-0.3, -0.25) is 0 Å². The van der Waals surface area contributed by atoms with Gasteiger partial charge in [-0.15, -0.1) is 0 Å². The third kappa shape index (κ3) is 5.66. The molecule has 0 aliphatic carbocycles. The lowest BCUT2D eigenvalue weighted by Gasteiger charge is -2.30. The van der Waals surface area contributed by atoms with Crippen LogP contribution in [0, 0.1) is 0 Å². The highest BCUT2D eigenvalue weighted by molar-refractivity contribution is 6.16. The Labute approximate surface area is 338 Å². The Morgan fingerprint density at radius 1 is 0.293 bits per heavy atom. The number of aromatic nitrogens is 1. The highest BCUT2D eigenvalue weighted by Crippen LogP contribution is 2.47. The second-order valence-corrected chi connectivity index (χ2v) is 14.9. The summed E-state index contributed by atoms with van der Waals surface area (Å²) >= 11 is 0. The average molecular weight is 739 g/mol. The zero-order valence-corrected chi connectivity index (χ0v) is 31.8. The molecule has 0 fully saturated rings. The first-order chi connectivity index (χ1) is 28.8. The number of hydrogen-bond donors (Lipinski definition) is 0. The molecule has 0 aliphatic heterocycles. The molecule has 2 nitrogen and oxygen atoms in total. The van der Waals surface area contributed by atoms with E-state index in [1.807, 2.05) is 0 Å². The van der Waals surface area contributed by atoms with E-state index in [1.54, 1.807) is 0 Å². The highest BCUT2D eigenvalue weighted by atomic mass is 15.1. The van der Waals surface area contributed by atoms with Gasteiger partial charge in [-0.05, 0) is 86.4 Å². The van der Waals surface area contributed by atoms with E-state index in [2.05, 4.69) is 240 Å². The normalized spacial score (nSPS) is 11.4. The van der Waals surface area contributed by atoms with Crippen LogP contribution in [-0.4, -0.2) is 4.57 Å². The van der Waals surface area contributed by atoms with Gasteiger partial charge in [0.15, 0.2) is 0 Å². The molecule has 58 heavy (non-hydrogen) atoms. The molecule has 0 radical (unpaired) electrons. The van der Waals surface area contributed by atoms with Crippen LogP contribution in [0.2, 0.25) is 0 Å². The van der Waals surface area contributed by atoms with Gasteiger partial charge in [0.05, 0.1) is 22.4 Å². The van der Waals surface area contributed by atoms with E-state index < -0.39 is 0 Å². The van der Waals surface area contributed by atoms with Crippen molar-refractivity contribution in [3.05, 3.63) is 231 Å². The Bertz CT molecular complexity index is 3270. The minimum absolute atomic E-state index is 1.09. The number of benzene rings is 10. The van der Waals surface area contributed by atoms with Crippen molar-refractivity contribution in [3.63, 3.8) is 0 Å². The van der Waals surface area contributed by atoms with E-state index in [0.717, 1.165) is 28.3 Å². The van der Waals surface area contributed by atoms with Gasteiger partial charge in [0.25, 0.3) is 0 Å². The Hall–Kier alpha value is -7.68. The van der Waals surface area contributed by atoms with Crippen LogP contribution >= 0.6 is 0 Å². The van der Waals surface area contributed by atoms with E-state index in [9.17, 15) is 0 Å². The average Bonchev–Trinajstić information content (AvgIpc) is 3.63. The summed E-state index contributed by atoms with van der Waals surface area (Å²) in [5.74, 6) is 0. The van der Waals surface area contributed by atoms with Gasteiger partial charge in [0, 0.05) is 33.1 Å². The summed E-state index contributed by atoms with van der Waals surface area (Å²) in [5.41, 5.74) is 14.0. The van der Waals surface area contributed by atoms with Gasteiger partial charge in [0.1, 0.15) is 0 Å². The van der Waals surface area contributed by atoms with Gasteiger partial charge in [-0.25, -0.2) is 0 Å². The molecule has 0 amide bonds. The number of anilines is 3. The van der Waals surface area contributed by atoms with Crippen molar-refractivity contribution >= 4 is 60.4 Å². The summed E-state index contributed by atoms with van der Waals surface area (Å²) in [6.07, 6.45) is 0. The largest absolute Gasteiger partial charge is 0.309 e. The number of nitrogens with zero attached hydrogens (tertiary/aromatic N) is 2. The molecule has 0 saturated heterocycles. The second-order valence-electron chi connectivity index (χ2n) is 14.9. The Morgan fingerprint density at radius 2 is 0.810 bits per heavy atom. The predicted octanol–water partition coefficient (Wildman–Crippen LogP) is 15.6. The van der Waals surface area contributed by atoms with Gasteiger partial charge in [-0.1, -0.05) is 188 Å². The topological polar surface area (TPSA) is 8.17 Å². The Balaban J connectivity index is 1.14. The van der Waals surface area contributed by atoms with Crippen LogP contribution in [0.3, 0.4) is 0 Å². The summed E-state index contributed by atoms with van der Waals surface area (Å²) in [5, 5.41) is 7.36. The molecule has 11 rings (SSSR count). The van der Waals surface area contributed by atoms with Crippen molar-refractivity contribution in [2.75, 3.05) is 4.90 Å². The Kier molecular flexibility index (Phi) is 8.19. The lowest BCUT2D eigenvalue weighted by Crippen LogP contribution is -2.12. The zero-order valence-electron chi connectivity index (χ0n) is 31.8. The molecule has 2 heteroatoms. The standard InChI is InChI=1S/C56H38N2/c1-3-17-39(18-4-1)45-22-9-10-23-46(45)41-31-33-43(34-32-41)57-54-30-16-14-28-51(54)52-36-35-44(38-56(52)57)58(53-29-15-13-25-48(53)40-19-5-2-6-20-40)55-37-42-21-7-8-24-47(42)49-26-11-12-27-50(49)55/h1-38H. The minimum atomic E-state index is 1.09. The predicted molar refractivity (Wildman–Crippen MR) is 247 cm³/mol. The molecule has 0 atom stereocenters. The quantitative estimate of drug-likeness (QED) is 0.148. The van der Waals surface area contributed by atoms with E-state index in [0.29, 0.717) is 0 Å². The molecule has 0 spiro atoms. The molecule has 0 saturated carbocycles. The van der Waals surface area contributed by atoms with Crippen molar-refractivity contribution in [2.45, 2.75) is 0 Å². The first-order valence-corrected chi connectivity index (χ1v) is 19.9. The van der Waals surface area contributed by atoms with Crippen LogP contribution in [0.1, 0.15) is 0 Å². The fourth-order valence-electron chi connectivity index (χ4n) is 8.93. The summed E-state index contributed by atoms with van der Waals surface area (Å²) < 4.78 is 2.43. The van der Waals surface area contributed by atoms with Gasteiger partial charge < -0.3 is 9.47 Å². The molecule has 11 aromatic rings. The maximum atomic E-state index is 2.47. The summed E-state index contributed by atoms with van der Waals surface area (Å²) in [4.78, 5) is 2.47. The second kappa shape index (κ2) is 14.1. The maximum absolute atomic E-state index is 2.47. The van der Waals surface area contributed by atoms with E-state index >= 15 is 0 Å². The number of para-hydroxylation sites is 2. The summed E-state index contributed by atoms with van der Waals surface area (Å²) in [7, 11) is 0. The fourth-order valence-corrected chi connectivity index (χ4v) is 8.93. The Morgan fingerprint density at radius 3 is 1.53 bits per heavy atom. The number of rotatable bonds is 7. The first-order valence-electron chi connectivity index (χ1n) is 19.9. The van der Waals surface area contributed by atoms with Crippen molar-refractivity contribution < 1.29 is 0 Å². The summed E-state index contributed by atoms with van der Waals surface area (Å²) in [6.45, 7) is 0. The molecule has 10 aromatic carbocycles. The van der Waals surface area contributed by atoms with Gasteiger partial charge in [-0.2, -0.15) is 0 Å². The van der Waals surface area contributed by atoms with Crippen molar-refractivity contribution in [1.82, 2.24) is 4.57 Å². The zero-order chi connectivity index (χ0) is 38.4. The minimum Gasteiger partial charge on any atom is -0.309 e. The molecular formula is C56H38N2. The number of fused-ring (bicyclic) bond motifs is 6. The molecule has 1 heterocycles. The summed E-state index contributed by atoms with van der Waals surface area (Å²) in [6, 6.07) is 83.7. The smallest absolute Gasteiger partial charge is 0.0561 e. The van der Waals surface area contributed by atoms with Gasteiger partial charge >= 0.3 is 0 Å². The SMILES string of the molecule is c1ccc(-c2ccccc2-c2ccc(-n3c4ccccc4c4ccc(N(c5ccccc5-c5ccccc5)c5cc6ccccc6c6ccccc56)cc43)cc2)cc1. The van der Waals surface area contributed by atoms with Crippen LogP contribution in [0.4, 0.5) is 17.1 Å². The third-order valence-corrected chi connectivity index (χ3v) is 11.6. The number of hydrogen-bond acceptors (Lipinski definition) is 1. The fraction of sp³-hybridized carbons (Fsp3) is 0. The molecule has 1 aromatic heterocycles. The van der Waals surface area contributed by atoms with Crippen LogP contribution in [0.25, 0.3) is 82.4 Å². The monoisotopic (exact) mass is 738 g/mol. The van der Waals surface area contributed by atoms with Crippen LogP contribution < -0.4 is 4.90 Å². The van der Waals surface area contributed by atoms with E-state index in [4.69, 9.17) is 0 Å². The molecule has 272 valence electrons. The molecule has 0 unspecified atom stereocenters. The molecular weight excluding hydrogens is 701 g/mol. The van der Waals surface area contributed by atoms with Crippen molar-refractivity contribution in [3.8, 4) is 39.1 Å². The lowest BCUT2D eigenvalue weighted by atomic mass is 9.94. The van der Waals surface area contributed by atoms with Crippen LogP contribution in [0.15, 0.2) is 231 Å². The van der Waals surface area contributed by atoms with Gasteiger partial charge in [0.2, 0.25) is 0 Å². The molecule has 0 N–H and O–H groups in total. The lowest BCUT2D eigenvalue weighted by molar-refractivity contribution is 1.18. The van der Waals surface area contributed by atoms with Crippen LogP contribution in [0.5, 0.6) is 0 Å². The molecule has 0 aliphatic rings. The van der Waals surface area contributed by atoms with Crippen molar-refractivity contribution in [2.24, 2.45) is 0 Å². The van der Waals surface area contributed by atoms with Crippen LogP contribution in [-0.2, 0) is 0 Å². The maximum Gasteiger partial charge on any atom is 0.0561 e. The third-order valence-electron chi connectivity index (χ3n) is 11.6. The highest BCUT2D eigenvalue weighted by Gasteiger charge is 2.22.